The molecule has 0 unspecified atom stereocenters. The molecule has 2 aromatic heterocycles. The molecule has 1 aromatic carbocycles. The third-order valence-corrected chi connectivity index (χ3v) is 5.81. The van der Waals surface area contributed by atoms with Gasteiger partial charge in [-0.15, -0.1) is 0 Å². The van der Waals surface area contributed by atoms with Crippen LogP contribution in [0.3, 0.4) is 0 Å². The summed E-state index contributed by atoms with van der Waals surface area (Å²) in [5.74, 6) is -0.268. The second-order valence-corrected chi connectivity index (χ2v) is 7.96. The van der Waals surface area contributed by atoms with E-state index in [4.69, 9.17) is 5.11 Å². The lowest BCUT2D eigenvalue weighted by molar-refractivity contribution is 0.180. The van der Waals surface area contributed by atoms with Gasteiger partial charge in [0.25, 0.3) is 0 Å². The molecule has 2 atom stereocenters. The van der Waals surface area contributed by atoms with Gasteiger partial charge in [0.15, 0.2) is 17.5 Å². The molecular weight excluding hydrogens is 411 g/mol. The van der Waals surface area contributed by atoms with Crippen molar-refractivity contribution < 1.29 is 14.3 Å². The van der Waals surface area contributed by atoms with E-state index >= 15 is 0 Å². The molecule has 1 aliphatic carbocycles. The van der Waals surface area contributed by atoms with Crippen molar-refractivity contribution in [1.29, 1.82) is 5.26 Å². The van der Waals surface area contributed by atoms with Gasteiger partial charge in [-0.05, 0) is 56.0 Å². The first-order valence-electron chi connectivity index (χ1n) is 10.4. The molecule has 9 heteroatoms. The zero-order valence-electron chi connectivity index (χ0n) is 17.5. The maximum atomic E-state index is 14.8. The molecule has 1 saturated carbocycles. The SMILES string of the molecule is C[C@H](NC(=O)O)[C@@H](Nc1nc(Nc2ccc3ncccc3c2)c(C#N)cc1F)C1CCC1. The molecule has 164 valence electrons. The van der Waals surface area contributed by atoms with E-state index < -0.39 is 18.0 Å². The zero-order valence-corrected chi connectivity index (χ0v) is 17.5. The Balaban J connectivity index is 1.63. The third kappa shape index (κ3) is 4.54. The first kappa shape index (κ1) is 21.3. The van der Waals surface area contributed by atoms with Gasteiger partial charge in [-0.3, -0.25) is 4.98 Å². The number of anilines is 3. The fraction of sp³-hybridized carbons (Fsp3) is 0.304. The number of benzene rings is 1. The van der Waals surface area contributed by atoms with Crippen LogP contribution >= 0.6 is 0 Å². The van der Waals surface area contributed by atoms with Crippen molar-refractivity contribution in [2.45, 2.75) is 38.3 Å². The van der Waals surface area contributed by atoms with Gasteiger partial charge < -0.3 is 21.1 Å². The van der Waals surface area contributed by atoms with E-state index in [0.717, 1.165) is 36.2 Å². The minimum absolute atomic E-state index is 0.0232. The van der Waals surface area contributed by atoms with Crippen molar-refractivity contribution in [1.82, 2.24) is 15.3 Å². The summed E-state index contributed by atoms with van der Waals surface area (Å²) in [4.78, 5) is 19.8. The maximum Gasteiger partial charge on any atom is 0.404 e. The molecule has 2 heterocycles. The Hall–Kier alpha value is -3.93. The summed E-state index contributed by atoms with van der Waals surface area (Å²) >= 11 is 0. The molecule has 4 rings (SSSR count). The van der Waals surface area contributed by atoms with Crippen LogP contribution in [0.5, 0.6) is 0 Å². The van der Waals surface area contributed by atoms with Gasteiger partial charge in [0, 0.05) is 23.3 Å². The van der Waals surface area contributed by atoms with Crippen molar-refractivity contribution in [3.8, 4) is 6.07 Å². The number of hydrogen-bond donors (Lipinski definition) is 4. The summed E-state index contributed by atoms with van der Waals surface area (Å²) < 4.78 is 14.8. The minimum atomic E-state index is -1.13. The molecule has 0 spiro atoms. The van der Waals surface area contributed by atoms with Gasteiger partial charge in [0.2, 0.25) is 0 Å². The van der Waals surface area contributed by atoms with E-state index in [1.807, 2.05) is 36.4 Å². The van der Waals surface area contributed by atoms with E-state index in [1.54, 1.807) is 13.1 Å². The summed E-state index contributed by atoms with van der Waals surface area (Å²) in [6, 6.07) is 11.6. The standard InChI is InChI=1S/C23H23FN6O2/c1-13(27-23(31)32)20(14-4-2-5-14)29-22-18(24)11-16(12-25)21(30-22)28-17-7-8-19-15(10-17)6-3-9-26-19/h3,6-11,13-14,20,27H,2,4-5H2,1H3,(H,31,32)(H2,28,29,30)/t13-,20+/m0/s1. The monoisotopic (exact) mass is 434 g/mol. The fourth-order valence-electron chi connectivity index (χ4n) is 3.95. The van der Waals surface area contributed by atoms with Gasteiger partial charge in [0.05, 0.1) is 17.1 Å². The third-order valence-electron chi connectivity index (χ3n) is 5.81. The van der Waals surface area contributed by atoms with E-state index in [2.05, 4.69) is 25.9 Å². The van der Waals surface area contributed by atoms with E-state index in [1.165, 1.54) is 0 Å². The maximum absolute atomic E-state index is 14.8. The Labute approximate surface area is 184 Å². The highest BCUT2D eigenvalue weighted by atomic mass is 19.1. The highest BCUT2D eigenvalue weighted by Gasteiger charge is 2.33. The van der Waals surface area contributed by atoms with Crippen molar-refractivity contribution in [2.75, 3.05) is 10.6 Å². The van der Waals surface area contributed by atoms with Crippen LogP contribution in [0.1, 0.15) is 31.7 Å². The molecule has 3 aromatic rings. The zero-order chi connectivity index (χ0) is 22.7. The molecule has 1 aliphatic rings. The minimum Gasteiger partial charge on any atom is -0.465 e. The summed E-state index contributed by atoms with van der Waals surface area (Å²) in [6.45, 7) is 1.74. The predicted octanol–water partition coefficient (Wildman–Crippen LogP) is 4.62. The number of rotatable bonds is 7. The van der Waals surface area contributed by atoms with E-state index in [-0.39, 0.29) is 29.2 Å². The highest BCUT2D eigenvalue weighted by molar-refractivity contribution is 5.83. The number of aromatic nitrogens is 2. The number of halogens is 1. The first-order valence-corrected chi connectivity index (χ1v) is 10.4. The van der Waals surface area contributed by atoms with Gasteiger partial charge in [-0.1, -0.05) is 12.5 Å². The Kier molecular flexibility index (Phi) is 6.03. The van der Waals surface area contributed by atoms with Crippen molar-refractivity contribution >= 4 is 34.3 Å². The average Bonchev–Trinajstić information content (AvgIpc) is 2.73. The topological polar surface area (TPSA) is 123 Å². The molecular formula is C23H23FN6O2. The second-order valence-electron chi connectivity index (χ2n) is 7.96. The summed E-state index contributed by atoms with van der Waals surface area (Å²) in [5.41, 5.74) is 1.58. The Morgan fingerprint density at radius 3 is 2.78 bits per heavy atom. The van der Waals surface area contributed by atoms with Gasteiger partial charge in [-0.2, -0.15) is 5.26 Å². The van der Waals surface area contributed by atoms with Crippen LogP contribution in [-0.2, 0) is 0 Å². The molecule has 1 amide bonds. The summed E-state index contributed by atoms with van der Waals surface area (Å²) in [7, 11) is 0. The Morgan fingerprint density at radius 1 is 1.28 bits per heavy atom. The van der Waals surface area contributed by atoms with Crippen LogP contribution in [0.4, 0.5) is 26.5 Å². The number of fused-ring (bicyclic) bond motifs is 1. The number of hydrogen-bond acceptors (Lipinski definition) is 6. The second kappa shape index (κ2) is 9.06. The van der Waals surface area contributed by atoms with Crippen LogP contribution < -0.4 is 16.0 Å². The smallest absolute Gasteiger partial charge is 0.404 e. The van der Waals surface area contributed by atoms with Crippen LogP contribution in [-0.4, -0.2) is 33.3 Å². The van der Waals surface area contributed by atoms with Gasteiger partial charge >= 0.3 is 6.09 Å². The van der Waals surface area contributed by atoms with E-state index in [0.29, 0.717) is 5.69 Å². The molecule has 0 saturated heterocycles. The molecule has 0 aliphatic heterocycles. The van der Waals surface area contributed by atoms with Crippen LogP contribution in [0.2, 0.25) is 0 Å². The largest absolute Gasteiger partial charge is 0.465 e. The predicted molar refractivity (Wildman–Crippen MR) is 119 cm³/mol. The number of pyridine rings is 2. The molecule has 0 bridgehead atoms. The molecule has 0 radical (unpaired) electrons. The van der Waals surface area contributed by atoms with Crippen LogP contribution in [0.15, 0.2) is 42.6 Å². The highest BCUT2D eigenvalue weighted by Crippen LogP contribution is 2.34. The molecule has 4 N–H and O–H groups in total. The molecule has 32 heavy (non-hydrogen) atoms. The first-order chi connectivity index (χ1) is 15.4. The van der Waals surface area contributed by atoms with Gasteiger partial charge in [0.1, 0.15) is 6.07 Å². The lowest BCUT2D eigenvalue weighted by Crippen LogP contribution is -2.50. The lowest BCUT2D eigenvalue weighted by atomic mass is 9.77. The number of nitrogens with one attached hydrogen (secondary N) is 3. The number of amides is 1. The van der Waals surface area contributed by atoms with Crippen LogP contribution in [0, 0.1) is 23.1 Å². The normalized spacial score (nSPS) is 15.3. The Bertz CT molecular complexity index is 1190. The van der Waals surface area contributed by atoms with Crippen LogP contribution in [0.25, 0.3) is 10.9 Å². The average molecular weight is 434 g/mol. The number of nitriles is 1. The van der Waals surface area contributed by atoms with Gasteiger partial charge in [-0.25, -0.2) is 14.2 Å². The fourth-order valence-corrected chi connectivity index (χ4v) is 3.95. The van der Waals surface area contributed by atoms with Crippen molar-refractivity contribution in [2.24, 2.45) is 5.92 Å². The molecule has 8 nitrogen and oxygen atoms in total. The van der Waals surface area contributed by atoms with E-state index in [9.17, 15) is 14.4 Å². The quantitative estimate of drug-likeness (QED) is 0.428. The van der Waals surface area contributed by atoms with Crippen molar-refractivity contribution in [3.63, 3.8) is 0 Å². The summed E-state index contributed by atoms with van der Waals surface area (Å²) in [5, 5.41) is 28.1. The summed E-state index contributed by atoms with van der Waals surface area (Å²) in [6.07, 6.45) is 3.48. The lowest BCUT2D eigenvalue weighted by Gasteiger charge is -2.38. The number of carboxylic acid groups (broad SMARTS) is 1. The number of nitrogens with zero attached hydrogens (tertiary/aromatic N) is 3. The Morgan fingerprint density at radius 2 is 2.09 bits per heavy atom. The molecule has 1 fully saturated rings. The van der Waals surface area contributed by atoms with Crippen molar-refractivity contribution in [3.05, 3.63) is 54.0 Å². The number of carbonyl (C=O) groups is 1.